The number of aryl methyl sites for hydroxylation is 1. The molecule has 0 aliphatic carbocycles. The maximum absolute atomic E-state index is 13.0. The predicted octanol–water partition coefficient (Wildman–Crippen LogP) is 2.15. The van der Waals surface area contributed by atoms with Gasteiger partial charge in [0.1, 0.15) is 11.6 Å². The van der Waals surface area contributed by atoms with Crippen molar-refractivity contribution >= 4 is 29.9 Å². The molecule has 0 fully saturated rings. The van der Waals surface area contributed by atoms with E-state index in [2.05, 4.69) is 25.8 Å². The molecule has 0 amide bonds. The van der Waals surface area contributed by atoms with Gasteiger partial charge in [0.15, 0.2) is 11.8 Å². The van der Waals surface area contributed by atoms with Crippen molar-refractivity contribution < 1.29 is 9.13 Å². The predicted molar refractivity (Wildman–Crippen MR) is 110 cm³/mol. The molecular formula is C17H26FIN6O. The largest absolute Gasteiger partial charge is 0.385 e. The quantitative estimate of drug-likeness (QED) is 0.264. The maximum Gasteiger partial charge on any atom is 0.191 e. The molecule has 144 valence electrons. The number of rotatable bonds is 8. The van der Waals surface area contributed by atoms with Crippen LogP contribution in [0.5, 0.6) is 0 Å². The molecule has 1 aromatic heterocycles. The Hall–Kier alpha value is -1.75. The van der Waals surface area contributed by atoms with E-state index >= 15 is 0 Å². The van der Waals surface area contributed by atoms with Crippen LogP contribution < -0.4 is 10.6 Å². The zero-order valence-corrected chi connectivity index (χ0v) is 17.7. The van der Waals surface area contributed by atoms with Gasteiger partial charge in [0.2, 0.25) is 0 Å². The Morgan fingerprint density at radius 1 is 1.23 bits per heavy atom. The van der Waals surface area contributed by atoms with E-state index in [-0.39, 0.29) is 29.8 Å². The van der Waals surface area contributed by atoms with Crippen molar-refractivity contribution in [1.29, 1.82) is 0 Å². The number of ether oxygens (including phenoxy) is 1. The Kier molecular flexibility index (Phi) is 10.1. The standard InChI is InChI=1S/C17H25FN6O.HI/c1-13-22-23-16(24(13)2)12-21-17(19-9-4-10-25-3)20-11-14-5-7-15(18)8-6-14;/h5-8H,4,9-12H2,1-3H3,(H2,19,20,21);1H. The summed E-state index contributed by atoms with van der Waals surface area (Å²) < 4.78 is 20.0. The van der Waals surface area contributed by atoms with Crippen LogP contribution in [0, 0.1) is 12.7 Å². The van der Waals surface area contributed by atoms with E-state index in [0.717, 1.165) is 30.2 Å². The summed E-state index contributed by atoms with van der Waals surface area (Å²) in [6, 6.07) is 6.33. The molecule has 0 aliphatic rings. The van der Waals surface area contributed by atoms with Crippen molar-refractivity contribution in [3.63, 3.8) is 0 Å². The van der Waals surface area contributed by atoms with Crippen LogP contribution in [0.3, 0.4) is 0 Å². The number of hydrogen-bond donors (Lipinski definition) is 2. The lowest BCUT2D eigenvalue weighted by molar-refractivity contribution is 0.195. The van der Waals surface area contributed by atoms with Crippen LogP contribution in [-0.4, -0.2) is 41.0 Å². The number of methoxy groups -OCH3 is 1. The molecule has 2 N–H and O–H groups in total. The number of aromatic nitrogens is 3. The van der Waals surface area contributed by atoms with Crippen molar-refractivity contribution in [2.45, 2.75) is 26.4 Å². The minimum atomic E-state index is -0.249. The number of halogens is 2. The molecule has 0 unspecified atom stereocenters. The van der Waals surface area contributed by atoms with Gasteiger partial charge in [-0.3, -0.25) is 0 Å². The van der Waals surface area contributed by atoms with Gasteiger partial charge in [-0.05, 0) is 31.0 Å². The van der Waals surface area contributed by atoms with E-state index in [1.807, 2.05) is 18.5 Å². The highest BCUT2D eigenvalue weighted by molar-refractivity contribution is 14.0. The average Bonchev–Trinajstić information content (AvgIpc) is 2.93. The second-order valence-corrected chi connectivity index (χ2v) is 5.64. The highest BCUT2D eigenvalue weighted by Gasteiger charge is 2.06. The van der Waals surface area contributed by atoms with Crippen LogP contribution >= 0.6 is 24.0 Å². The number of aliphatic imine (C=N–C) groups is 1. The average molecular weight is 476 g/mol. The van der Waals surface area contributed by atoms with Crippen LogP contribution in [0.1, 0.15) is 23.6 Å². The minimum absolute atomic E-state index is 0. The molecule has 9 heteroatoms. The third-order valence-corrected chi connectivity index (χ3v) is 3.75. The van der Waals surface area contributed by atoms with Gasteiger partial charge < -0.3 is 19.9 Å². The van der Waals surface area contributed by atoms with Crippen LogP contribution in [0.2, 0.25) is 0 Å². The van der Waals surface area contributed by atoms with E-state index in [1.54, 1.807) is 19.2 Å². The topological polar surface area (TPSA) is 76.4 Å². The fourth-order valence-corrected chi connectivity index (χ4v) is 2.13. The molecule has 0 saturated heterocycles. The van der Waals surface area contributed by atoms with E-state index in [9.17, 15) is 4.39 Å². The van der Waals surface area contributed by atoms with Crippen LogP contribution in [-0.2, 0) is 24.9 Å². The first-order valence-electron chi connectivity index (χ1n) is 8.20. The molecule has 2 rings (SSSR count). The number of benzene rings is 1. The first kappa shape index (κ1) is 22.3. The Balaban J connectivity index is 0.00000338. The lowest BCUT2D eigenvalue weighted by Gasteiger charge is -2.12. The number of nitrogens with zero attached hydrogens (tertiary/aromatic N) is 4. The summed E-state index contributed by atoms with van der Waals surface area (Å²) in [7, 11) is 3.60. The smallest absolute Gasteiger partial charge is 0.191 e. The molecule has 2 aromatic rings. The normalized spacial score (nSPS) is 11.2. The number of hydrogen-bond acceptors (Lipinski definition) is 4. The molecule has 0 radical (unpaired) electrons. The van der Waals surface area contributed by atoms with Crippen LogP contribution in [0.25, 0.3) is 0 Å². The summed E-state index contributed by atoms with van der Waals surface area (Å²) in [5.41, 5.74) is 0.939. The fraction of sp³-hybridized carbons (Fsp3) is 0.471. The third kappa shape index (κ3) is 7.24. The highest BCUT2D eigenvalue weighted by Crippen LogP contribution is 2.04. The second-order valence-electron chi connectivity index (χ2n) is 5.64. The van der Waals surface area contributed by atoms with Gasteiger partial charge >= 0.3 is 0 Å². The Bertz CT molecular complexity index is 689. The first-order valence-corrected chi connectivity index (χ1v) is 8.20. The summed E-state index contributed by atoms with van der Waals surface area (Å²) in [4.78, 5) is 4.55. The van der Waals surface area contributed by atoms with Crippen molar-refractivity contribution in [1.82, 2.24) is 25.4 Å². The zero-order valence-electron chi connectivity index (χ0n) is 15.3. The summed E-state index contributed by atoms with van der Waals surface area (Å²) in [6.45, 7) is 4.29. The first-order chi connectivity index (χ1) is 12.1. The van der Waals surface area contributed by atoms with Crippen molar-refractivity contribution in [3.05, 3.63) is 47.3 Å². The molecule has 26 heavy (non-hydrogen) atoms. The third-order valence-electron chi connectivity index (χ3n) is 3.75. The molecule has 7 nitrogen and oxygen atoms in total. The molecule has 0 saturated carbocycles. The summed E-state index contributed by atoms with van der Waals surface area (Å²) >= 11 is 0. The Morgan fingerprint density at radius 2 is 1.96 bits per heavy atom. The van der Waals surface area contributed by atoms with E-state index in [1.165, 1.54) is 12.1 Å². The van der Waals surface area contributed by atoms with Crippen molar-refractivity contribution in [2.75, 3.05) is 20.3 Å². The van der Waals surface area contributed by atoms with E-state index in [4.69, 9.17) is 4.74 Å². The van der Waals surface area contributed by atoms with Gasteiger partial charge in [-0.2, -0.15) is 0 Å². The molecular weight excluding hydrogens is 450 g/mol. The SMILES string of the molecule is COCCCNC(=NCc1ccc(F)cc1)NCc1nnc(C)n1C.I. The van der Waals surface area contributed by atoms with Crippen LogP contribution in [0.4, 0.5) is 4.39 Å². The van der Waals surface area contributed by atoms with Gasteiger partial charge in [0.25, 0.3) is 0 Å². The molecule has 1 heterocycles. The van der Waals surface area contributed by atoms with Crippen molar-refractivity contribution in [3.8, 4) is 0 Å². The number of guanidine groups is 1. The van der Waals surface area contributed by atoms with Gasteiger partial charge in [0, 0.05) is 27.3 Å². The van der Waals surface area contributed by atoms with Gasteiger partial charge in [-0.1, -0.05) is 12.1 Å². The summed E-state index contributed by atoms with van der Waals surface area (Å²) in [5.74, 6) is 2.10. The monoisotopic (exact) mass is 476 g/mol. The Labute approximate surface area is 170 Å². The zero-order chi connectivity index (χ0) is 18.1. The molecule has 0 aliphatic heterocycles. The fourth-order valence-electron chi connectivity index (χ4n) is 2.13. The van der Waals surface area contributed by atoms with Gasteiger partial charge in [-0.15, -0.1) is 34.2 Å². The number of nitrogens with one attached hydrogen (secondary N) is 2. The molecule has 0 bridgehead atoms. The highest BCUT2D eigenvalue weighted by atomic mass is 127. The molecule has 1 aromatic carbocycles. The lowest BCUT2D eigenvalue weighted by Crippen LogP contribution is -2.38. The molecule has 0 spiro atoms. The van der Waals surface area contributed by atoms with E-state index < -0.39 is 0 Å². The maximum atomic E-state index is 13.0. The molecule has 0 atom stereocenters. The summed E-state index contributed by atoms with van der Waals surface area (Å²) in [6.07, 6.45) is 0.872. The Morgan fingerprint density at radius 3 is 2.58 bits per heavy atom. The minimum Gasteiger partial charge on any atom is -0.385 e. The van der Waals surface area contributed by atoms with Gasteiger partial charge in [-0.25, -0.2) is 9.38 Å². The van der Waals surface area contributed by atoms with Crippen LogP contribution in [0.15, 0.2) is 29.3 Å². The second kappa shape index (κ2) is 11.8. The lowest BCUT2D eigenvalue weighted by atomic mass is 10.2. The van der Waals surface area contributed by atoms with E-state index in [0.29, 0.717) is 25.7 Å². The van der Waals surface area contributed by atoms with Crippen molar-refractivity contribution in [2.24, 2.45) is 12.0 Å². The van der Waals surface area contributed by atoms with Gasteiger partial charge in [0.05, 0.1) is 13.1 Å². The summed E-state index contributed by atoms with van der Waals surface area (Å²) in [5, 5.41) is 14.7.